The lowest BCUT2D eigenvalue weighted by molar-refractivity contribution is 0.266. The third kappa shape index (κ3) is 3.94. The lowest BCUT2D eigenvalue weighted by Crippen LogP contribution is -2.48. The van der Waals surface area contributed by atoms with Crippen molar-refractivity contribution in [2.75, 3.05) is 13.2 Å². The first-order valence-corrected chi connectivity index (χ1v) is 9.24. The highest BCUT2D eigenvalue weighted by atomic mass is 28.4. The molecule has 108 valence electrons. The number of aliphatic hydroxyl groups excluding tert-OH is 1. The number of rotatable bonds is 7. The van der Waals surface area contributed by atoms with Gasteiger partial charge in [0.1, 0.15) is 0 Å². The molecule has 0 spiro atoms. The first-order chi connectivity index (χ1) is 8.20. The second-order valence-corrected chi connectivity index (χ2v) is 11.8. The van der Waals surface area contributed by atoms with E-state index in [2.05, 4.69) is 41.5 Å². The molecule has 0 fully saturated rings. The van der Waals surface area contributed by atoms with Gasteiger partial charge >= 0.3 is 0 Å². The van der Waals surface area contributed by atoms with Gasteiger partial charge in [0, 0.05) is 0 Å². The van der Waals surface area contributed by atoms with Gasteiger partial charge < -0.3 is 9.53 Å². The maximum absolute atomic E-state index is 9.39. The molecular formula is C15H32O2Si. The molecule has 0 amide bonds. The van der Waals surface area contributed by atoms with E-state index >= 15 is 0 Å². The van der Waals surface area contributed by atoms with Crippen LogP contribution in [0.5, 0.6) is 0 Å². The summed E-state index contributed by atoms with van der Waals surface area (Å²) in [7, 11) is -1.80. The fourth-order valence-corrected chi connectivity index (χ4v) is 8.48. The van der Waals surface area contributed by atoms with Gasteiger partial charge in [-0.2, -0.15) is 0 Å². The molecule has 0 saturated heterocycles. The molecule has 1 N–H and O–H groups in total. The summed E-state index contributed by atoms with van der Waals surface area (Å²) in [6.45, 7) is 18.5. The molecule has 0 aliphatic heterocycles. The molecule has 0 radical (unpaired) electrons. The zero-order valence-electron chi connectivity index (χ0n) is 13.5. The average molecular weight is 273 g/mol. The molecule has 0 unspecified atom stereocenters. The van der Waals surface area contributed by atoms with Crippen molar-refractivity contribution in [1.29, 1.82) is 0 Å². The second kappa shape index (κ2) is 7.46. The van der Waals surface area contributed by atoms with Gasteiger partial charge in [-0.1, -0.05) is 47.1 Å². The Morgan fingerprint density at radius 2 is 1.33 bits per heavy atom. The average Bonchev–Trinajstić information content (AvgIpc) is 2.22. The monoisotopic (exact) mass is 272 g/mol. The van der Waals surface area contributed by atoms with E-state index in [-0.39, 0.29) is 6.61 Å². The van der Waals surface area contributed by atoms with Crippen molar-refractivity contribution in [3.05, 3.63) is 11.1 Å². The Balaban J connectivity index is 5.09. The lowest BCUT2D eigenvalue weighted by atomic mass is 10.2. The highest BCUT2D eigenvalue weighted by Gasteiger charge is 2.45. The van der Waals surface area contributed by atoms with E-state index in [1.165, 1.54) is 5.57 Å². The topological polar surface area (TPSA) is 29.5 Å². The van der Waals surface area contributed by atoms with Crippen molar-refractivity contribution in [3.8, 4) is 0 Å². The molecule has 0 heterocycles. The van der Waals surface area contributed by atoms with E-state index in [4.69, 9.17) is 4.43 Å². The second-order valence-electron chi connectivity index (χ2n) is 6.37. The number of aliphatic hydroxyl groups is 1. The molecule has 0 rings (SSSR count). The van der Waals surface area contributed by atoms with Gasteiger partial charge in [-0.25, -0.2) is 0 Å². The van der Waals surface area contributed by atoms with Crippen LogP contribution in [0.25, 0.3) is 0 Å². The summed E-state index contributed by atoms with van der Waals surface area (Å²) in [6.07, 6.45) is 0. The first-order valence-electron chi connectivity index (χ1n) is 7.10. The van der Waals surface area contributed by atoms with Crippen LogP contribution < -0.4 is 0 Å². The molecule has 0 saturated carbocycles. The molecule has 2 nitrogen and oxygen atoms in total. The minimum atomic E-state index is -1.80. The quantitative estimate of drug-likeness (QED) is 0.546. The van der Waals surface area contributed by atoms with E-state index in [1.54, 1.807) is 0 Å². The van der Waals surface area contributed by atoms with Crippen molar-refractivity contribution in [2.45, 2.75) is 72.0 Å². The van der Waals surface area contributed by atoms with Crippen molar-refractivity contribution >= 4 is 8.32 Å². The first kappa shape index (κ1) is 17.9. The summed E-state index contributed by atoms with van der Waals surface area (Å²) in [6, 6.07) is 0. The summed E-state index contributed by atoms with van der Waals surface area (Å²) in [5.41, 5.74) is 3.99. The Hall–Kier alpha value is -0.123. The van der Waals surface area contributed by atoms with Crippen LogP contribution in [0.4, 0.5) is 0 Å². The van der Waals surface area contributed by atoms with Crippen molar-refractivity contribution in [1.82, 2.24) is 0 Å². The fraction of sp³-hybridized carbons (Fsp3) is 0.867. The fourth-order valence-electron chi connectivity index (χ4n) is 3.06. The number of allylic oxidation sites excluding steroid dienone is 1. The number of hydrogen-bond acceptors (Lipinski definition) is 2. The van der Waals surface area contributed by atoms with Crippen LogP contribution in [0.3, 0.4) is 0 Å². The van der Waals surface area contributed by atoms with E-state index in [0.29, 0.717) is 23.2 Å². The smallest absolute Gasteiger partial charge is 0.200 e. The van der Waals surface area contributed by atoms with E-state index < -0.39 is 8.32 Å². The van der Waals surface area contributed by atoms with Gasteiger partial charge in [-0.05, 0) is 36.0 Å². The molecule has 18 heavy (non-hydrogen) atoms. The predicted octanol–water partition coefficient (Wildman–Crippen LogP) is 4.51. The molecule has 0 aliphatic carbocycles. The van der Waals surface area contributed by atoms with Gasteiger partial charge in [-0.15, -0.1) is 0 Å². The highest BCUT2D eigenvalue weighted by Crippen LogP contribution is 2.42. The van der Waals surface area contributed by atoms with Crippen LogP contribution >= 0.6 is 0 Å². The van der Waals surface area contributed by atoms with Crippen molar-refractivity contribution < 1.29 is 9.53 Å². The number of hydrogen-bond donors (Lipinski definition) is 1. The Kier molecular flexibility index (Phi) is 7.41. The lowest BCUT2D eigenvalue weighted by Gasteiger charge is -2.42. The van der Waals surface area contributed by atoms with Crippen LogP contribution in [0, 0.1) is 0 Å². The third-order valence-electron chi connectivity index (χ3n) is 4.10. The van der Waals surface area contributed by atoms with E-state index in [1.807, 2.05) is 13.8 Å². The third-order valence-corrected chi connectivity index (χ3v) is 10.2. The van der Waals surface area contributed by atoms with Crippen LogP contribution in [0.15, 0.2) is 11.1 Å². The van der Waals surface area contributed by atoms with Crippen molar-refractivity contribution in [2.24, 2.45) is 0 Å². The molecule has 0 aromatic heterocycles. The van der Waals surface area contributed by atoms with E-state index in [9.17, 15) is 5.11 Å². The minimum absolute atomic E-state index is 0.112. The molecule has 0 aliphatic rings. The summed E-state index contributed by atoms with van der Waals surface area (Å²) >= 11 is 0. The van der Waals surface area contributed by atoms with Gasteiger partial charge in [0.15, 0.2) is 0 Å². The SMILES string of the molecule is CC(C)=C(CO)CO[Si](C(C)C)(C(C)C)C(C)C. The summed E-state index contributed by atoms with van der Waals surface area (Å²) in [5.74, 6) is 0. The van der Waals surface area contributed by atoms with Crippen molar-refractivity contribution in [3.63, 3.8) is 0 Å². The Morgan fingerprint density at radius 1 is 0.944 bits per heavy atom. The van der Waals surface area contributed by atoms with Gasteiger partial charge in [0.25, 0.3) is 0 Å². The standard InChI is InChI=1S/C15H32O2Si/c1-11(2)15(9-16)10-17-18(12(3)4,13(5)6)14(7)8/h12-14,16H,9-10H2,1-8H3. The molecule has 0 bridgehead atoms. The highest BCUT2D eigenvalue weighted by molar-refractivity contribution is 6.77. The maximum atomic E-state index is 9.39. The predicted molar refractivity (Wildman–Crippen MR) is 82.5 cm³/mol. The minimum Gasteiger partial charge on any atom is -0.412 e. The van der Waals surface area contributed by atoms with Crippen LogP contribution in [-0.4, -0.2) is 26.6 Å². The Labute approximate surface area is 115 Å². The van der Waals surface area contributed by atoms with Crippen LogP contribution in [0.1, 0.15) is 55.4 Å². The zero-order valence-corrected chi connectivity index (χ0v) is 14.5. The Morgan fingerprint density at radius 3 is 1.56 bits per heavy atom. The van der Waals surface area contributed by atoms with Gasteiger partial charge in [-0.3, -0.25) is 0 Å². The molecular weight excluding hydrogens is 240 g/mol. The van der Waals surface area contributed by atoms with Crippen LogP contribution in [0.2, 0.25) is 16.6 Å². The molecule has 0 aromatic rings. The Bertz CT molecular complexity index is 254. The molecule has 0 atom stereocenters. The summed E-state index contributed by atoms with van der Waals surface area (Å²) in [4.78, 5) is 0. The zero-order chi connectivity index (χ0) is 14.5. The normalized spacial score (nSPS) is 12.7. The maximum Gasteiger partial charge on any atom is 0.200 e. The molecule has 3 heteroatoms. The van der Waals surface area contributed by atoms with Gasteiger partial charge in [0.2, 0.25) is 8.32 Å². The molecule has 0 aromatic carbocycles. The summed E-state index contributed by atoms with van der Waals surface area (Å²) in [5, 5.41) is 9.39. The van der Waals surface area contributed by atoms with E-state index in [0.717, 1.165) is 5.57 Å². The van der Waals surface area contributed by atoms with Crippen LogP contribution in [-0.2, 0) is 4.43 Å². The summed E-state index contributed by atoms with van der Waals surface area (Å²) < 4.78 is 6.45. The van der Waals surface area contributed by atoms with Gasteiger partial charge in [0.05, 0.1) is 13.2 Å². The largest absolute Gasteiger partial charge is 0.412 e.